The van der Waals surface area contributed by atoms with E-state index in [1.54, 1.807) is 7.11 Å². The zero-order valence-corrected chi connectivity index (χ0v) is 10.3. The van der Waals surface area contributed by atoms with E-state index in [-0.39, 0.29) is 6.10 Å². The van der Waals surface area contributed by atoms with Crippen LogP contribution in [-0.4, -0.2) is 13.2 Å². The van der Waals surface area contributed by atoms with Gasteiger partial charge in [0.15, 0.2) is 0 Å². The van der Waals surface area contributed by atoms with Crippen LogP contribution >= 0.6 is 15.9 Å². The van der Waals surface area contributed by atoms with Gasteiger partial charge in [-0.1, -0.05) is 6.92 Å². The van der Waals surface area contributed by atoms with E-state index in [1.165, 1.54) is 0 Å². The van der Waals surface area contributed by atoms with Crippen LogP contribution in [0.1, 0.15) is 20.3 Å². The SMILES string of the molecule is CCC(C)Oc1ccc(Br)c(OC)c1. The van der Waals surface area contributed by atoms with Gasteiger partial charge in [0.2, 0.25) is 0 Å². The Morgan fingerprint density at radius 3 is 2.71 bits per heavy atom. The first-order valence-electron chi connectivity index (χ1n) is 4.67. The highest BCUT2D eigenvalue weighted by Crippen LogP contribution is 2.29. The Kier molecular flexibility index (Phi) is 4.26. The molecule has 1 rings (SSSR count). The summed E-state index contributed by atoms with van der Waals surface area (Å²) >= 11 is 3.39. The average molecular weight is 259 g/mol. The van der Waals surface area contributed by atoms with Gasteiger partial charge >= 0.3 is 0 Å². The highest BCUT2D eigenvalue weighted by molar-refractivity contribution is 9.10. The summed E-state index contributed by atoms with van der Waals surface area (Å²) in [5.41, 5.74) is 0. The molecule has 0 saturated heterocycles. The van der Waals surface area contributed by atoms with Crippen molar-refractivity contribution in [1.29, 1.82) is 0 Å². The van der Waals surface area contributed by atoms with Gasteiger partial charge in [0.25, 0.3) is 0 Å². The Morgan fingerprint density at radius 1 is 1.43 bits per heavy atom. The molecule has 2 nitrogen and oxygen atoms in total. The van der Waals surface area contributed by atoms with Crippen molar-refractivity contribution >= 4 is 15.9 Å². The van der Waals surface area contributed by atoms with E-state index < -0.39 is 0 Å². The van der Waals surface area contributed by atoms with Gasteiger partial charge in [-0.2, -0.15) is 0 Å². The molecule has 0 aliphatic heterocycles. The topological polar surface area (TPSA) is 18.5 Å². The smallest absolute Gasteiger partial charge is 0.136 e. The molecule has 0 aliphatic carbocycles. The third-order valence-corrected chi connectivity index (χ3v) is 2.69. The molecule has 0 radical (unpaired) electrons. The molecule has 1 aromatic carbocycles. The van der Waals surface area contributed by atoms with Gasteiger partial charge in [-0.3, -0.25) is 0 Å². The Balaban J connectivity index is 2.79. The average Bonchev–Trinajstić information content (AvgIpc) is 2.20. The van der Waals surface area contributed by atoms with Crippen molar-refractivity contribution < 1.29 is 9.47 Å². The summed E-state index contributed by atoms with van der Waals surface area (Å²) in [5, 5.41) is 0. The summed E-state index contributed by atoms with van der Waals surface area (Å²) in [6, 6.07) is 5.74. The first-order chi connectivity index (χ1) is 6.67. The molecule has 0 bridgehead atoms. The maximum Gasteiger partial charge on any atom is 0.136 e. The van der Waals surface area contributed by atoms with Crippen molar-refractivity contribution in [2.45, 2.75) is 26.4 Å². The molecule has 0 aliphatic rings. The molecule has 3 heteroatoms. The van der Waals surface area contributed by atoms with Gasteiger partial charge < -0.3 is 9.47 Å². The van der Waals surface area contributed by atoms with Crippen molar-refractivity contribution in [3.63, 3.8) is 0 Å². The Hall–Kier alpha value is -0.700. The van der Waals surface area contributed by atoms with E-state index in [4.69, 9.17) is 9.47 Å². The van der Waals surface area contributed by atoms with Crippen LogP contribution in [0.3, 0.4) is 0 Å². The predicted molar refractivity (Wildman–Crippen MR) is 61.1 cm³/mol. The molecule has 0 fully saturated rings. The fraction of sp³-hybridized carbons (Fsp3) is 0.455. The molecule has 0 spiro atoms. The second kappa shape index (κ2) is 5.25. The maximum atomic E-state index is 5.66. The lowest BCUT2D eigenvalue weighted by atomic mass is 10.3. The number of ether oxygens (including phenoxy) is 2. The Morgan fingerprint density at radius 2 is 2.14 bits per heavy atom. The lowest BCUT2D eigenvalue weighted by Gasteiger charge is -2.13. The van der Waals surface area contributed by atoms with E-state index in [2.05, 4.69) is 29.8 Å². The molecule has 0 heterocycles. The van der Waals surface area contributed by atoms with Crippen LogP contribution in [0.15, 0.2) is 22.7 Å². The summed E-state index contributed by atoms with van der Waals surface area (Å²) in [6.45, 7) is 4.15. The Bertz CT molecular complexity index is 299. The number of methoxy groups -OCH3 is 1. The molecule has 1 unspecified atom stereocenters. The van der Waals surface area contributed by atoms with Crippen LogP contribution in [0.2, 0.25) is 0 Å². The van der Waals surface area contributed by atoms with E-state index in [9.17, 15) is 0 Å². The number of rotatable bonds is 4. The zero-order chi connectivity index (χ0) is 10.6. The van der Waals surface area contributed by atoms with Crippen molar-refractivity contribution in [2.75, 3.05) is 7.11 Å². The molecule has 1 atom stereocenters. The number of halogens is 1. The second-order valence-electron chi connectivity index (χ2n) is 3.13. The maximum absolute atomic E-state index is 5.66. The first kappa shape index (κ1) is 11.4. The van der Waals surface area contributed by atoms with Gasteiger partial charge in [-0.05, 0) is 41.4 Å². The molecule has 14 heavy (non-hydrogen) atoms. The monoisotopic (exact) mass is 258 g/mol. The van der Waals surface area contributed by atoms with Crippen LogP contribution in [0.25, 0.3) is 0 Å². The van der Waals surface area contributed by atoms with E-state index in [0.29, 0.717) is 0 Å². The minimum Gasteiger partial charge on any atom is -0.495 e. The second-order valence-corrected chi connectivity index (χ2v) is 3.99. The summed E-state index contributed by atoms with van der Waals surface area (Å²) in [6.07, 6.45) is 1.24. The molecular formula is C11H15BrO2. The summed E-state index contributed by atoms with van der Waals surface area (Å²) < 4.78 is 11.8. The number of hydrogen-bond donors (Lipinski definition) is 0. The van der Waals surface area contributed by atoms with Gasteiger partial charge in [-0.25, -0.2) is 0 Å². The zero-order valence-electron chi connectivity index (χ0n) is 8.71. The van der Waals surface area contributed by atoms with Crippen LogP contribution < -0.4 is 9.47 Å². The van der Waals surface area contributed by atoms with Crippen LogP contribution in [0.4, 0.5) is 0 Å². The van der Waals surface area contributed by atoms with Crippen LogP contribution in [0, 0.1) is 0 Å². The molecule has 78 valence electrons. The standard InChI is InChI=1S/C11H15BrO2/c1-4-8(2)14-9-5-6-10(12)11(7-9)13-3/h5-8H,4H2,1-3H3. The van der Waals surface area contributed by atoms with Crippen molar-refractivity contribution in [1.82, 2.24) is 0 Å². The van der Waals surface area contributed by atoms with Crippen molar-refractivity contribution in [2.24, 2.45) is 0 Å². The van der Waals surface area contributed by atoms with Gasteiger partial charge in [0.1, 0.15) is 11.5 Å². The Labute approximate surface area is 93.4 Å². The summed E-state index contributed by atoms with van der Waals surface area (Å²) in [5.74, 6) is 1.64. The van der Waals surface area contributed by atoms with E-state index >= 15 is 0 Å². The highest BCUT2D eigenvalue weighted by atomic mass is 79.9. The third-order valence-electron chi connectivity index (χ3n) is 2.03. The quantitative estimate of drug-likeness (QED) is 0.821. The molecule has 0 saturated carbocycles. The van der Waals surface area contributed by atoms with Gasteiger partial charge in [-0.15, -0.1) is 0 Å². The highest BCUT2D eigenvalue weighted by Gasteiger charge is 2.04. The fourth-order valence-corrected chi connectivity index (χ4v) is 1.44. The van der Waals surface area contributed by atoms with E-state index in [1.807, 2.05) is 18.2 Å². The third kappa shape index (κ3) is 2.91. The predicted octanol–water partition coefficient (Wildman–Crippen LogP) is 3.64. The van der Waals surface area contributed by atoms with E-state index in [0.717, 1.165) is 22.4 Å². The minimum atomic E-state index is 0.237. The van der Waals surface area contributed by atoms with Gasteiger partial charge in [0.05, 0.1) is 17.7 Å². The summed E-state index contributed by atoms with van der Waals surface area (Å²) in [7, 11) is 1.65. The normalized spacial score (nSPS) is 12.3. The fourth-order valence-electron chi connectivity index (χ4n) is 1.03. The molecule has 0 amide bonds. The summed E-state index contributed by atoms with van der Waals surface area (Å²) in [4.78, 5) is 0. The lowest BCUT2D eigenvalue weighted by molar-refractivity contribution is 0.216. The molecular weight excluding hydrogens is 244 g/mol. The molecule has 0 aromatic heterocycles. The van der Waals surface area contributed by atoms with Crippen molar-refractivity contribution in [3.05, 3.63) is 22.7 Å². The first-order valence-corrected chi connectivity index (χ1v) is 5.46. The van der Waals surface area contributed by atoms with Crippen LogP contribution in [0.5, 0.6) is 11.5 Å². The van der Waals surface area contributed by atoms with Crippen LogP contribution in [-0.2, 0) is 0 Å². The number of benzene rings is 1. The molecule has 0 N–H and O–H groups in total. The minimum absolute atomic E-state index is 0.237. The van der Waals surface area contributed by atoms with Crippen molar-refractivity contribution in [3.8, 4) is 11.5 Å². The lowest BCUT2D eigenvalue weighted by Crippen LogP contribution is -2.09. The van der Waals surface area contributed by atoms with Gasteiger partial charge in [0, 0.05) is 6.07 Å². The molecule has 1 aromatic rings. The number of hydrogen-bond acceptors (Lipinski definition) is 2. The largest absolute Gasteiger partial charge is 0.495 e.